The molecule has 1 fully saturated rings. The van der Waals surface area contributed by atoms with E-state index in [4.69, 9.17) is 9.72 Å². The topological polar surface area (TPSA) is 74.7 Å². The number of aryl methyl sites for hydroxylation is 2. The first-order valence-electron chi connectivity index (χ1n) is 11.9. The second-order valence-electron chi connectivity index (χ2n) is 8.38. The summed E-state index contributed by atoms with van der Waals surface area (Å²) in [6.45, 7) is 10.5. The highest BCUT2D eigenvalue weighted by molar-refractivity contribution is 5.51. The third kappa shape index (κ3) is 5.60. The zero-order valence-corrected chi connectivity index (χ0v) is 19.9. The second-order valence-corrected chi connectivity index (χ2v) is 8.38. The molecule has 1 aliphatic heterocycles. The maximum absolute atomic E-state index is 10.7. The average Bonchev–Trinajstić information content (AvgIpc) is 3.19. The standard InChI is InChI=1S/C24H31N3O3.C2H6/c1-3-17-10-16(2)23(14-25-15-28)26-24(17)27-8-6-21(7-9-27)30-22-5-4-18-11-20(29)12-19(18)13-22;1-2/h4-5,10,13,15,20-21,29H,3,6-9,11-12,14H2,1-2H3,(H,25,28);1-2H3/t20-;/m1./s1. The van der Waals surface area contributed by atoms with Crippen LogP contribution in [0.25, 0.3) is 0 Å². The average molecular weight is 440 g/mol. The molecule has 1 aromatic carbocycles. The number of nitrogens with zero attached hydrogens (tertiary/aromatic N) is 2. The van der Waals surface area contributed by atoms with Crippen molar-refractivity contribution in [2.24, 2.45) is 0 Å². The quantitative estimate of drug-likeness (QED) is 0.643. The van der Waals surface area contributed by atoms with Gasteiger partial charge in [-0.15, -0.1) is 0 Å². The summed E-state index contributed by atoms with van der Waals surface area (Å²) in [6.07, 6.45) is 4.96. The maximum atomic E-state index is 10.7. The minimum atomic E-state index is -0.250. The van der Waals surface area contributed by atoms with Gasteiger partial charge < -0.3 is 20.1 Å². The van der Waals surface area contributed by atoms with Crippen molar-refractivity contribution in [2.45, 2.75) is 78.6 Å². The summed E-state index contributed by atoms with van der Waals surface area (Å²) in [4.78, 5) is 17.9. The molecule has 1 aromatic heterocycles. The Hall–Kier alpha value is -2.60. The largest absolute Gasteiger partial charge is 0.490 e. The van der Waals surface area contributed by atoms with Gasteiger partial charge >= 0.3 is 0 Å². The molecule has 1 aliphatic carbocycles. The molecular weight excluding hydrogens is 402 g/mol. The predicted molar refractivity (Wildman–Crippen MR) is 128 cm³/mol. The molecule has 1 atom stereocenters. The minimum Gasteiger partial charge on any atom is -0.490 e. The number of hydrogen-bond acceptors (Lipinski definition) is 5. The third-order valence-electron chi connectivity index (χ3n) is 6.24. The van der Waals surface area contributed by atoms with Gasteiger partial charge in [0.15, 0.2) is 0 Å². The predicted octanol–water partition coefficient (Wildman–Crippen LogP) is 3.73. The van der Waals surface area contributed by atoms with Crippen LogP contribution in [0.15, 0.2) is 24.3 Å². The first kappa shape index (κ1) is 24.1. The molecule has 0 unspecified atom stereocenters. The molecule has 1 saturated heterocycles. The van der Waals surface area contributed by atoms with Gasteiger partial charge in [-0.3, -0.25) is 4.79 Å². The molecule has 1 amide bonds. The summed E-state index contributed by atoms with van der Waals surface area (Å²) >= 11 is 0. The summed E-state index contributed by atoms with van der Waals surface area (Å²) < 4.78 is 6.27. The number of benzene rings is 1. The van der Waals surface area contributed by atoms with E-state index in [2.05, 4.69) is 35.3 Å². The van der Waals surface area contributed by atoms with E-state index in [1.54, 1.807) is 0 Å². The number of carbonyl (C=O) groups excluding carboxylic acids is 1. The zero-order chi connectivity index (χ0) is 23.1. The Balaban J connectivity index is 0.00000141. The summed E-state index contributed by atoms with van der Waals surface area (Å²) in [5.74, 6) is 1.95. The van der Waals surface area contributed by atoms with E-state index >= 15 is 0 Å². The molecule has 0 radical (unpaired) electrons. The summed E-state index contributed by atoms with van der Waals surface area (Å²) in [7, 11) is 0. The number of nitrogens with one attached hydrogen (secondary N) is 1. The van der Waals surface area contributed by atoms with Crippen molar-refractivity contribution in [3.05, 3.63) is 52.2 Å². The van der Waals surface area contributed by atoms with E-state index in [-0.39, 0.29) is 12.2 Å². The van der Waals surface area contributed by atoms with Gasteiger partial charge in [-0.05, 0) is 60.6 Å². The number of carbonyl (C=O) groups is 1. The first-order chi connectivity index (χ1) is 15.6. The Morgan fingerprint density at radius 1 is 1.19 bits per heavy atom. The van der Waals surface area contributed by atoms with Gasteiger partial charge in [0.1, 0.15) is 17.7 Å². The summed E-state index contributed by atoms with van der Waals surface area (Å²) in [6, 6.07) is 8.42. The fourth-order valence-corrected chi connectivity index (χ4v) is 4.57. The minimum absolute atomic E-state index is 0.192. The lowest BCUT2D eigenvalue weighted by Crippen LogP contribution is -2.39. The fraction of sp³-hybridized carbons (Fsp3) is 0.538. The lowest BCUT2D eigenvalue weighted by Gasteiger charge is -2.34. The lowest BCUT2D eigenvalue weighted by atomic mass is 10.0. The molecular formula is C26H37N3O3. The molecule has 2 aliphatic rings. The van der Waals surface area contributed by atoms with Gasteiger partial charge in [-0.1, -0.05) is 32.9 Å². The number of aliphatic hydroxyl groups is 1. The molecule has 6 nitrogen and oxygen atoms in total. The van der Waals surface area contributed by atoms with Crippen molar-refractivity contribution < 1.29 is 14.6 Å². The molecule has 0 spiro atoms. The van der Waals surface area contributed by atoms with E-state index in [1.165, 1.54) is 16.7 Å². The van der Waals surface area contributed by atoms with Crippen LogP contribution in [0.4, 0.5) is 5.82 Å². The lowest BCUT2D eigenvalue weighted by molar-refractivity contribution is -0.109. The van der Waals surface area contributed by atoms with Crippen LogP contribution >= 0.6 is 0 Å². The highest BCUT2D eigenvalue weighted by Crippen LogP contribution is 2.30. The van der Waals surface area contributed by atoms with Gasteiger partial charge in [0, 0.05) is 25.9 Å². The van der Waals surface area contributed by atoms with Crippen molar-refractivity contribution in [2.75, 3.05) is 18.0 Å². The molecule has 174 valence electrons. The van der Waals surface area contributed by atoms with Gasteiger partial charge in [-0.2, -0.15) is 0 Å². The van der Waals surface area contributed by atoms with Crippen LogP contribution in [0.5, 0.6) is 5.75 Å². The third-order valence-corrected chi connectivity index (χ3v) is 6.24. The van der Waals surface area contributed by atoms with E-state index in [0.29, 0.717) is 6.54 Å². The molecule has 4 rings (SSSR count). The molecule has 32 heavy (non-hydrogen) atoms. The van der Waals surface area contributed by atoms with Crippen molar-refractivity contribution in [3.8, 4) is 5.75 Å². The first-order valence-corrected chi connectivity index (χ1v) is 11.9. The highest BCUT2D eigenvalue weighted by Gasteiger charge is 2.25. The molecule has 2 N–H and O–H groups in total. The zero-order valence-electron chi connectivity index (χ0n) is 19.9. The van der Waals surface area contributed by atoms with Crippen LogP contribution in [0.1, 0.15) is 61.6 Å². The summed E-state index contributed by atoms with van der Waals surface area (Å²) in [5, 5.41) is 12.6. The number of amides is 1. The van der Waals surface area contributed by atoms with Crippen LogP contribution in [0.3, 0.4) is 0 Å². The molecule has 6 heteroatoms. The van der Waals surface area contributed by atoms with E-state index in [0.717, 1.165) is 74.4 Å². The van der Waals surface area contributed by atoms with E-state index in [9.17, 15) is 9.90 Å². The van der Waals surface area contributed by atoms with Gasteiger partial charge in [0.2, 0.25) is 6.41 Å². The SMILES string of the molecule is CC.CCc1cc(C)c(CNC=O)nc1N1CCC(Oc2ccc3c(c2)C[C@H](O)C3)CC1. The molecule has 2 aromatic rings. The Bertz CT molecular complexity index is 907. The number of rotatable bonds is 7. The van der Waals surface area contributed by atoms with E-state index < -0.39 is 0 Å². The van der Waals surface area contributed by atoms with Crippen LogP contribution in [-0.4, -0.2) is 41.8 Å². The number of anilines is 1. The van der Waals surface area contributed by atoms with Gasteiger partial charge in [0.05, 0.1) is 18.3 Å². The monoisotopic (exact) mass is 439 g/mol. The van der Waals surface area contributed by atoms with Gasteiger partial charge in [0.25, 0.3) is 0 Å². The fourth-order valence-electron chi connectivity index (χ4n) is 4.57. The van der Waals surface area contributed by atoms with Gasteiger partial charge in [-0.25, -0.2) is 4.98 Å². The normalized spacial score (nSPS) is 17.9. The molecule has 2 heterocycles. The van der Waals surface area contributed by atoms with Crippen molar-refractivity contribution in [1.29, 1.82) is 0 Å². The molecule has 0 bridgehead atoms. The number of piperidine rings is 1. The second kappa shape index (κ2) is 11.3. The Labute approximate surface area is 192 Å². The Morgan fingerprint density at radius 3 is 2.59 bits per heavy atom. The smallest absolute Gasteiger partial charge is 0.207 e. The van der Waals surface area contributed by atoms with Crippen LogP contribution in [0.2, 0.25) is 0 Å². The number of pyridine rings is 1. The number of fused-ring (bicyclic) bond motifs is 1. The molecule has 0 saturated carbocycles. The van der Waals surface area contributed by atoms with Crippen molar-refractivity contribution in [3.63, 3.8) is 0 Å². The van der Waals surface area contributed by atoms with Crippen LogP contribution in [-0.2, 0) is 30.6 Å². The van der Waals surface area contributed by atoms with Crippen LogP contribution < -0.4 is 15.0 Å². The number of hydrogen-bond donors (Lipinski definition) is 2. The Kier molecular flexibility index (Phi) is 8.51. The Morgan fingerprint density at radius 2 is 1.91 bits per heavy atom. The van der Waals surface area contributed by atoms with Crippen molar-refractivity contribution in [1.82, 2.24) is 10.3 Å². The summed E-state index contributed by atoms with van der Waals surface area (Å²) in [5.41, 5.74) is 5.74. The number of ether oxygens (including phenoxy) is 1. The highest BCUT2D eigenvalue weighted by atomic mass is 16.5. The number of aliphatic hydroxyl groups excluding tert-OH is 1. The maximum Gasteiger partial charge on any atom is 0.207 e. The van der Waals surface area contributed by atoms with Crippen molar-refractivity contribution >= 4 is 12.2 Å². The number of aromatic nitrogens is 1. The van der Waals surface area contributed by atoms with E-state index in [1.807, 2.05) is 26.8 Å². The van der Waals surface area contributed by atoms with Crippen LogP contribution in [0, 0.1) is 6.92 Å².